The zero-order valence-electron chi connectivity index (χ0n) is 8.79. The number of nitrogens with zero attached hydrogens (tertiary/aromatic N) is 1. The maximum atomic E-state index is 14.1. The SMILES string of the molecule is CN1CCC(C(F)c2ccc(Br)cc2)C1. The molecule has 2 unspecified atom stereocenters. The van der Waals surface area contributed by atoms with E-state index in [0.717, 1.165) is 29.5 Å². The molecule has 1 aromatic carbocycles. The van der Waals surface area contributed by atoms with Gasteiger partial charge in [-0.05, 0) is 37.7 Å². The van der Waals surface area contributed by atoms with Gasteiger partial charge in [0.2, 0.25) is 0 Å². The lowest BCUT2D eigenvalue weighted by Crippen LogP contribution is -2.16. The molecule has 2 atom stereocenters. The molecule has 1 heterocycles. The van der Waals surface area contributed by atoms with E-state index in [4.69, 9.17) is 0 Å². The Morgan fingerprint density at radius 2 is 2.07 bits per heavy atom. The summed E-state index contributed by atoms with van der Waals surface area (Å²) in [6, 6.07) is 7.54. The molecule has 2 rings (SSSR count). The van der Waals surface area contributed by atoms with Gasteiger partial charge in [0.1, 0.15) is 6.17 Å². The molecule has 0 N–H and O–H groups in total. The third kappa shape index (κ3) is 2.58. The Hall–Kier alpha value is -0.410. The first kappa shape index (κ1) is 11.1. The van der Waals surface area contributed by atoms with Crippen molar-refractivity contribution in [2.45, 2.75) is 12.6 Å². The van der Waals surface area contributed by atoms with E-state index < -0.39 is 6.17 Å². The molecule has 0 spiro atoms. The highest BCUT2D eigenvalue weighted by molar-refractivity contribution is 9.10. The van der Waals surface area contributed by atoms with E-state index in [2.05, 4.69) is 20.8 Å². The Morgan fingerprint density at radius 3 is 2.60 bits per heavy atom. The molecule has 1 nitrogen and oxygen atoms in total. The van der Waals surface area contributed by atoms with Gasteiger partial charge in [0, 0.05) is 16.9 Å². The largest absolute Gasteiger partial charge is 0.306 e. The van der Waals surface area contributed by atoms with Crippen LogP contribution in [0.15, 0.2) is 28.7 Å². The van der Waals surface area contributed by atoms with Crippen molar-refractivity contribution in [2.75, 3.05) is 20.1 Å². The van der Waals surface area contributed by atoms with Crippen LogP contribution in [0.25, 0.3) is 0 Å². The van der Waals surface area contributed by atoms with Crippen molar-refractivity contribution in [3.63, 3.8) is 0 Å². The fraction of sp³-hybridized carbons (Fsp3) is 0.500. The van der Waals surface area contributed by atoms with Crippen LogP contribution in [-0.2, 0) is 0 Å². The topological polar surface area (TPSA) is 3.24 Å². The minimum Gasteiger partial charge on any atom is -0.306 e. The molecule has 82 valence electrons. The average Bonchev–Trinajstić information content (AvgIpc) is 2.65. The van der Waals surface area contributed by atoms with Crippen molar-refractivity contribution in [3.8, 4) is 0 Å². The molecule has 0 saturated carbocycles. The Kier molecular flexibility index (Phi) is 3.42. The lowest BCUT2D eigenvalue weighted by Gasteiger charge is -2.16. The minimum absolute atomic E-state index is 0.163. The minimum atomic E-state index is -0.817. The molecule has 0 amide bonds. The molecule has 1 aromatic rings. The van der Waals surface area contributed by atoms with Crippen molar-refractivity contribution >= 4 is 15.9 Å². The molecular formula is C12H15BrFN. The highest BCUT2D eigenvalue weighted by Gasteiger charge is 2.28. The van der Waals surface area contributed by atoms with Crippen LogP contribution in [0.1, 0.15) is 18.2 Å². The summed E-state index contributed by atoms with van der Waals surface area (Å²) in [7, 11) is 2.05. The number of likely N-dealkylation sites (tertiary alicyclic amines) is 1. The highest BCUT2D eigenvalue weighted by Crippen LogP contribution is 2.32. The summed E-state index contributed by atoms with van der Waals surface area (Å²) in [6.07, 6.45) is 0.149. The zero-order chi connectivity index (χ0) is 10.8. The molecular weight excluding hydrogens is 257 g/mol. The van der Waals surface area contributed by atoms with E-state index >= 15 is 0 Å². The monoisotopic (exact) mass is 271 g/mol. The second-order valence-corrected chi connectivity index (χ2v) is 5.18. The smallest absolute Gasteiger partial charge is 0.129 e. The third-order valence-corrected chi connectivity index (χ3v) is 3.56. The fourth-order valence-electron chi connectivity index (χ4n) is 2.13. The number of hydrogen-bond donors (Lipinski definition) is 0. The maximum absolute atomic E-state index is 14.1. The Bertz CT molecular complexity index is 325. The second-order valence-electron chi connectivity index (χ2n) is 4.26. The molecule has 0 radical (unpaired) electrons. The van der Waals surface area contributed by atoms with Crippen LogP contribution in [0.4, 0.5) is 4.39 Å². The van der Waals surface area contributed by atoms with Gasteiger partial charge in [0.25, 0.3) is 0 Å². The van der Waals surface area contributed by atoms with Crippen LogP contribution in [0.3, 0.4) is 0 Å². The molecule has 1 aliphatic rings. The van der Waals surface area contributed by atoms with Crippen LogP contribution in [0.5, 0.6) is 0 Å². The lowest BCUT2D eigenvalue weighted by molar-refractivity contribution is 0.232. The van der Waals surface area contributed by atoms with Gasteiger partial charge in [-0.1, -0.05) is 28.1 Å². The first-order chi connectivity index (χ1) is 7.16. The van der Waals surface area contributed by atoms with E-state index in [0.29, 0.717) is 0 Å². The molecule has 0 aromatic heterocycles. The van der Waals surface area contributed by atoms with Gasteiger partial charge in [-0.25, -0.2) is 4.39 Å². The number of rotatable bonds is 2. The van der Waals surface area contributed by atoms with Gasteiger partial charge in [-0.15, -0.1) is 0 Å². The van der Waals surface area contributed by atoms with Crippen molar-refractivity contribution in [1.82, 2.24) is 4.90 Å². The number of hydrogen-bond acceptors (Lipinski definition) is 1. The van der Waals surface area contributed by atoms with Crippen LogP contribution < -0.4 is 0 Å². The van der Waals surface area contributed by atoms with E-state index in [1.165, 1.54) is 0 Å². The van der Waals surface area contributed by atoms with E-state index in [-0.39, 0.29) is 5.92 Å². The summed E-state index contributed by atoms with van der Waals surface area (Å²) in [5.74, 6) is 0.163. The van der Waals surface area contributed by atoms with Gasteiger partial charge in [0.05, 0.1) is 0 Å². The second kappa shape index (κ2) is 4.62. The van der Waals surface area contributed by atoms with E-state index in [1.807, 2.05) is 31.3 Å². The van der Waals surface area contributed by atoms with Gasteiger partial charge in [0.15, 0.2) is 0 Å². The van der Waals surface area contributed by atoms with Gasteiger partial charge < -0.3 is 4.90 Å². The third-order valence-electron chi connectivity index (χ3n) is 3.03. The van der Waals surface area contributed by atoms with E-state index in [9.17, 15) is 4.39 Å². The average molecular weight is 272 g/mol. The Balaban J connectivity index is 2.07. The molecule has 3 heteroatoms. The Morgan fingerprint density at radius 1 is 1.40 bits per heavy atom. The summed E-state index contributed by atoms with van der Waals surface area (Å²) in [6.45, 7) is 1.89. The van der Waals surface area contributed by atoms with Gasteiger partial charge in [-0.3, -0.25) is 0 Å². The van der Waals surface area contributed by atoms with Crippen LogP contribution in [-0.4, -0.2) is 25.0 Å². The predicted molar refractivity (Wildman–Crippen MR) is 63.6 cm³/mol. The van der Waals surface area contributed by atoms with Crippen LogP contribution >= 0.6 is 15.9 Å². The van der Waals surface area contributed by atoms with Gasteiger partial charge in [-0.2, -0.15) is 0 Å². The zero-order valence-corrected chi connectivity index (χ0v) is 10.4. The lowest BCUT2D eigenvalue weighted by atomic mass is 9.96. The Labute approximate surface area is 98.4 Å². The molecule has 0 bridgehead atoms. The molecule has 15 heavy (non-hydrogen) atoms. The standard InChI is InChI=1S/C12H15BrFN/c1-15-7-6-10(8-15)12(14)9-2-4-11(13)5-3-9/h2-5,10,12H,6-8H2,1H3. The van der Waals surface area contributed by atoms with Crippen molar-refractivity contribution in [3.05, 3.63) is 34.3 Å². The summed E-state index contributed by atoms with van der Waals surface area (Å²) in [4.78, 5) is 2.19. The number of alkyl halides is 1. The fourth-order valence-corrected chi connectivity index (χ4v) is 2.39. The molecule has 1 fully saturated rings. The normalized spacial score (nSPS) is 24.3. The van der Waals surface area contributed by atoms with E-state index in [1.54, 1.807) is 0 Å². The van der Waals surface area contributed by atoms with Crippen molar-refractivity contribution < 1.29 is 4.39 Å². The van der Waals surface area contributed by atoms with Crippen molar-refractivity contribution in [1.29, 1.82) is 0 Å². The van der Waals surface area contributed by atoms with Crippen LogP contribution in [0.2, 0.25) is 0 Å². The molecule has 1 saturated heterocycles. The summed E-state index contributed by atoms with van der Waals surface area (Å²) in [5.41, 5.74) is 0.804. The molecule has 0 aliphatic carbocycles. The molecule has 1 aliphatic heterocycles. The summed E-state index contributed by atoms with van der Waals surface area (Å²) in [5, 5.41) is 0. The highest BCUT2D eigenvalue weighted by atomic mass is 79.9. The number of benzene rings is 1. The predicted octanol–water partition coefficient (Wildman–Crippen LogP) is 3.41. The summed E-state index contributed by atoms with van der Waals surface area (Å²) >= 11 is 3.36. The quantitative estimate of drug-likeness (QED) is 0.797. The maximum Gasteiger partial charge on any atom is 0.129 e. The van der Waals surface area contributed by atoms with Crippen LogP contribution in [0, 0.1) is 5.92 Å². The van der Waals surface area contributed by atoms with Crippen molar-refractivity contribution in [2.24, 2.45) is 5.92 Å². The summed E-state index contributed by atoms with van der Waals surface area (Å²) < 4.78 is 15.1. The first-order valence-corrected chi connectivity index (χ1v) is 6.04. The first-order valence-electron chi connectivity index (χ1n) is 5.25. The van der Waals surface area contributed by atoms with Gasteiger partial charge >= 0.3 is 0 Å². The number of halogens is 2.